The molecule has 82 valence electrons. The summed E-state index contributed by atoms with van der Waals surface area (Å²) >= 11 is 0. The minimum Gasteiger partial charge on any atom is -0.399 e. The fraction of sp³-hybridized carbons (Fsp3) is 0.0769. The second kappa shape index (κ2) is 4.14. The third-order valence-electron chi connectivity index (χ3n) is 2.45. The highest BCUT2D eigenvalue weighted by atomic mass is 14.9. The minimum atomic E-state index is 0.741. The summed E-state index contributed by atoms with van der Waals surface area (Å²) in [5.74, 6) is 0. The normalized spacial score (nSPS) is 10.1. The lowest BCUT2D eigenvalue weighted by Gasteiger charge is -2.09. The van der Waals surface area contributed by atoms with Crippen molar-refractivity contribution in [2.75, 3.05) is 16.8 Å². The van der Waals surface area contributed by atoms with Gasteiger partial charge in [-0.2, -0.15) is 0 Å². The number of hydrogen-bond acceptors (Lipinski definition) is 3. The van der Waals surface area contributed by atoms with Crippen molar-refractivity contribution in [3.63, 3.8) is 0 Å². The van der Waals surface area contributed by atoms with Gasteiger partial charge < -0.3 is 16.8 Å². The molecule has 0 aliphatic rings. The van der Waals surface area contributed by atoms with E-state index in [1.165, 1.54) is 0 Å². The van der Waals surface area contributed by atoms with Crippen LogP contribution in [0, 0.1) is 6.92 Å². The fourth-order valence-corrected chi connectivity index (χ4v) is 1.50. The number of nitrogens with two attached hydrogens (primary N) is 2. The van der Waals surface area contributed by atoms with Crippen LogP contribution in [-0.2, 0) is 0 Å². The average Bonchev–Trinajstić information content (AvgIpc) is 2.24. The summed E-state index contributed by atoms with van der Waals surface area (Å²) in [5.41, 5.74) is 16.1. The predicted molar refractivity (Wildman–Crippen MR) is 69.7 cm³/mol. The molecule has 3 nitrogen and oxygen atoms in total. The maximum absolute atomic E-state index is 5.84. The van der Waals surface area contributed by atoms with Crippen LogP contribution in [-0.4, -0.2) is 0 Å². The summed E-state index contributed by atoms with van der Waals surface area (Å²) in [4.78, 5) is 0. The van der Waals surface area contributed by atoms with E-state index in [1.54, 1.807) is 0 Å². The molecule has 0 fully saturated rings. The lowest BCUT2D eigenvalue weighted by atomic mass is 10.2. The molecule has 0 aromatic heterocycles. The topological polar surface area (TPSA) is 64.1 Å². The van der Waals surface area contributed by atoms with Crippen molar-refractivity contribution in [3.05, 3.63) is 48.0 Å². The molecular weight excluding hydrogens is 198 g/mol. The molecule has 0 spiro atoms. The smallest absolute Gasteiger partial charge is 0.0405 e. The maximum Gasteiger partial charge on any atom is 0.0405 e. The van der Waals surface area contributed by atoms with Crippen molar-refractivity contribution in [3.8, 4) is 0 Å². The van der Waals surface area contributed by atoms with E-state index in [4.69, 9.17) is 11.5 Å². The van der Waals surface area contributed by atoms with Crippen LogP contribution in [0.4, 0.5) is 22.7 Å². The van der Waals surface area contributed by atoms with Gasteiger partial charge in [0.2, 0.25) is 0 Å². The van der Waals surface area contributed by atoms with Crippen molar-refractivity contribution in [2.45, 2.75) is 6.92 Å². The van der Waals surface area contributed by atoms with E-state index in [1.807, 2.05) is 49.4 Å². The first-order valence-electron chi connectivity index (χ1n) is 5.14. The van der Waals surface area contributed by atoms with E-state index >= 15 is 0 Å². The Bertz CT molecular complexity index is 506. The lowest BCUT2D eigenvalue weighted by molar-refractivity contribution is 1.45. The summed E-state index contributed by atoms with van der Waals surface area (Å²) in [7, 11) is 0. The molecule has 16 heavy (non-hydrogen) atoms. The Morgan fingerprint density at radius 3 is 2.38 bits per heavy atom. The fourth-order valence-electron chi connectivity index (χ4n) is 1.50. The highest BCUT2D eigenvalue weighted by Crippen LogP contribution is 2.22. The Morgan fingerprint density at radius 2 is 1.69 bits per heavy atom. The van der Waals surface area contributed by atoms with Crippen molar-refractivity contribution in [1.29, 1.82) is 0 Å². The van der Waals surface area contributed by atoms with Crippen LogP contribution in [0.1, 0.15) is 5.56 Å². The molecule has 0 atom stereocenters. The SMILES string of the molecule is Cc1ccc(Nc2cccc(N)c2)cc1N. The van der Waals surface area contributed by atoms with Gasteiger partial charge in [0.05, 0.1) is 0 Å². The van der Waals surface area contributed by atoms with E-state index in [0.29, 0.717) is 0 Å². The first-order chi connectivity index (χ1) is 7.65. The summed E-state index contributed by atoms with van der Waals surface area (Å²) < 4.78 is 0. The number of nitrogen functional groups attached to an aromatic ring is 2. The van der Waals surface area contributed by atoms with Gasteiger partial charge in [-0.3, -0.25) is 0 Å². The van der Waals surface area contributed by atoms with Crippen molar-refractivity contribution >= 4 is 22.7 Å². The zero-order chi connectivity index (χ0) is 11.5. The van der Waals surface area contributed by atoms with E-state index in [-0.39, 0.29) is 0 Å². The molecule has 0 heterocycles. The van der Waals surface area contributed by atoms with Crippen LogP contribution < -0.4 is 16.8 Å². The van der Waals surface area contributed by atoms with Gasteiger partial charge >= 0.3 is 0 Å². The molecular formula is C13H15N3. The number of hydrogen-bond donors (Lipinski definition) is 3. The summed E-state index contributed by atoms with van der Waals surface area (Å²) in [6.45, 7) is 1.99. The maximum atomic E-state index is 5.84. The van der Waals surface area contributed by atoms with Gasteiger partial charge in [0.25, 0.3) is 0 Å². The molecule has 0 radical (unpaired) electrons. The summed E-state index contributed by atoms with van der Waals surface area (Å²) in [6.07, 6.45) is 0. The molecule has 2 aromatic rings. The molecule has 5 N–H and O–H groups in total. The molecule has 0 aliphatic heterocycles. The van der Waals surface area contributed by atoms with Crippen molar-refractivity contribution in [1.82, 2.24) is 0 Å². The Balaban J connectivity index is 2.24. The van der Waals surface area contributed by atoms with Crippen LogP contribution in [0.15, 0.2) is 42.5 Å². The highest BCUT2D eigenvalue weighted by molar-refractivity contribution is 5.67. The highest BCUT2D eigenvalue weighted by Gasteiger charge is 1.98. The molecule has 3 heteroatoms. The van der Waals surface area contributed by atoms with Crippen LogP contribution in [0.2, 0.25) is 0 Å². The Morgan fingerprint density at radius 1 is 0.938 bits per heavy atom. The molecule has 0 bridgehead atoms. The number of rotatable bonds is 2. The zero-order valence-corrected chi connectivity index (χ0v) is 9.20. The first-order valence-corrected chi connectivity index (χ1v) is 5.14. The van der Waals surface area contributed by atoms with Gasteiger partial charge in [-0.05, 0) is 42.8 Å². The quantitative estimate of drug-likeness (QED) is 0.672. The van der Waals surface area contributed by atoms with Gasteiger partial charge in [0.15, 0.2) is 0 Å². The molecule has 0 unspecified atom stereocenters. The van der Waals surface area contributed by atoms with Gasteiger partial charge in [0.1, 0.15) is 0 Å². The van der Waals surface area contributed by atoms with Gasteiger partial charge in [-0.15, -0.1) is 0 Å². The van der Waals surface area contributed by atoms with Crippen LogP contribution in [0.25, 0.3) is 0 Å². The summed E-state index contributed by atoms with van der Waals surface area (Å²) in [5, 5.41) is 3.25. The Kier molecular flexibility index (Phi) is 2.68. The lowest BCUT2D eigenvalue weighted by Crippen LogP contribution is -1.95. The van der Waals surface area contributed by atoms with Gasteiger partial charge in [-0.1, -0.05) is 12.1 Å². The van der Waals surface area contributed by atoms with E-state index in [9.17, 15) is 0 Å². The second-order valence-corrected chi connectivity index (χ2v) is 3.82. The molecule has 0 aliphatic carbocycles. The number of aryl methyl sites for hydroxylation is 1. The third kappa shape index (κ3) is 2.25. The van der Waals surface area contributed by atoms with Gasteiger partial charge in [-0.25, -0.2) is 0 Å². The first kappa shape index (κ1) is 10.4. The number of benzene rings is 2. The number of anilines is 4. The van der Waals surface area contributed by atoms with E-state index in [2.05, 4.69) is 5.32 Å². The summed E-state index contributed by atoms with van der Waals surface area (Å²) in [6, 6.07) is 13.5. The van der Waals surface area contributed by atoms with Crippen molar-refractivity contribution < 1.29 is 0 Å². The van der Waals surface area contributed by atoms with E-state index in [0.717, 1.165) is 28.3 Å². The van der Waals surface area contributed by atoms with Crippen molar-refractivity contribution in [2.24, 2.45) is 0 Å². The monoisotopic (exact) mass is 213 g/mol. The standard InChI is InChI=1S/C13H15N3/c1-9-5-6-12(8-13(9)15)16-11-4-2-3-10(14)7-11/h2-8,16H,14-15H2,1H3. The third-order valence-corrected chi connectivity index (χ3v) is 2.45. The van der Waals surface area contributed by atoms with E-state index < -0.39 is 0 Å². The second-order valence-electron chi connectivity index (χ2n) is 3.82. The molecule has 2 aromatic carbocycles. The largest absolute Gasteiger partial charge is 0.399 e. The van der Waals surface area contributed by atoms with Crippen LogP contribution >= 0.6 is 0 Å². The predicted octanol–water partition coefficient (Wildman–Crippen LogP) is 2.90. The zero-order valence-electron chi connectivity index (χ0n) is 9.20. The van der Waals surface area contributed by atoms with Crippen LogP contribution in [0.5, 0.6) is 0 Å². The molecule has 0 saturated carbocycles. The average molecular weight is 213 g/mol. The molecule has 2 rings (SSSR count). The Hall–Kier alpha value is -2.16. The molecule has 0 saturated heterocycles. The molecule has 0 amide bonds. The van der Waals surface area contributed by atoms with Gasteiger partial charge in [0, 0.05) is 22.7 Å². The number of nitrogens with one attached hydrogen (secondary N) is 1. The Labute approximate surface area is 95.1 Å². The van der Waals surface area contributed by atoms with Crippen LogP contribution in [0.3, 0.4) is 0 Å². The minimum absolute atomic E-state index is 0.741.